The highest BCUT2D eigenvalue weighted by Gasteiger charge is 2.38. The summed E-state index contributed by atoms with van der Waals surface area (Å²) in [6.45, 7) is 2.56. The molecule has 0 radical (unpaired) electrons. The predicted molar refractivity (Wildman–Crippen MR) is 97.0 cm³/mol. The molecule has 2 aliphatic rings. The zero-order valence-electron chi connectivity index (χ0n) is 14.6. The fourth-order valence-corrected chi connectivity index (χ4v) is 3.57. The molecule has 1 aliphatic heterocycles. The number of H-pyrrole nitrogens is 1. The molecule has 2 unspecified atom stereocenters. The lowest BCUT2D eigenvalue weighted by Gasteiger charge is -2.17. The summed E-state index contributed by atoms with van der Waals surface area (Å²) in [6.07, 6.45) is 5.84. The number of pyridine rings is 2. The zero-order chi connectivity index (χ0) is 17.9. The second kappa shape index (κ2) is 7.41. The SMILES string of the molecule is O=C(c1ccc[nH]c1=O)N1CC(COCC2CC2)C(c2ccccn2)C1. The van der Waals surface area contributed by atoms with Gasteiger partial charge in [0.2, 0.25) is 0 Å². The van der Waals surface area contributed by atoms with E-state index in [9.17, 15) is 9.59 Å². The number of aromatic nitrogens is 2. The Kier molecular flexibility index (Phi) is 4.84. The van der Waals surface area contributed by atoms with E-state index in [2.05, 4.69) is 9.97 Å². The molecule has 1 N–H and O–H groups in total. The number of ether oxygens (including phenoxy) is 1. The lowest BCUT2D eigenvalue weighted by atomic mass is 9.93. The molecule has 0 spiro atoms. The normalized spacial score (nSPS) is 22.5. The lowest BCUT2D eigenvalue weighted by Crippen LogP contribution is -2.33. The van der Waals surface area contributed by atoms with Gasteiger partial charge in [0.15, 0.2) is 0 Å². The zero-order valence-corrected chi connectivity index (χ0v) is 14.6. The summed E-state index contributed by atoms with van der Waals surface area (Å²) in [5.41, 5.74) is 0.817. The van der Waals surface area contributed by atoms with Gasteiger partial charge in [-0.25, -0.2) is 0 Å². The molecule has 1 saturated heterocycles. The Hall–Kier alpha value is -2.47. The first-order valence-corrected chi connectivity index (χ1v) is 9.18. The summed E-state index contributed by atoms with van der Waals surface area (Å²) in [4.78, 5) is 33.6. The van der Waals surface area contributed by atoms with E-state index < -0.39 is 0 Å². The fraction of sp³-hybridized carbons (Fsp3) is 0.450. The summed E-state index contributed by atoms with van der Waals surface area (Å²) < 4.78 is 5.92. The summed E-state index contributed by atoms with van der Waals surface area (Å²) in [6, 6.07) is 9.12. The van der Waals surface area contributed by atoms with Gasteiger partial charge in [0.05, 0.1) is 6.61 Å². The van der Waals surface area contributed by atoms with Gasteiger partial charge < -0.3 is 14.6 Å². The van der Waals surface area contributed by atoms with Crippen LogP contribution in [-0.2, 0) is 4.74 Å². The van der Waals surface area contributed by atoms with Gasteiger partial charge in [0, 0.05) is 49.6 Å². The van der Waals surface area contributed by atoms with Crippen LogP contribution in [0.2, 0.25) is 0 Å². The maximum atomic E-state index is 12.8. The first-order valence-electron chi connectivity index (χ1n) is 9.18. The van der Waals surface area contributed by atoms with Crippen molar-refractivity contribution in [1.29, 1.82) is 0 Å². The second-order valence-corrected chi connectivity index (χ2v) is 7.23. The fourth-order valence-electron chi connectivity index (χ4n) is 3.57. The van der Waals surface area contributed by atoms with E-state index in [4.69, 9.17) is 4.74 Å². The molecule has 1 amide bonds. The van der Waals surface area contributed by atoms with Crippen molar-refractivity contribution in [2.24, 2.45) is 11.8 Å². The van der Waals surface area contributed by atoms with Crippen LogP contribution in [0.25, 0.3) is 0 Å². The third kappa shape index (κ3) is 3.70. The van der Waals surface area contributed by atoms with E-state index in [1.807, 2.05) is 18.2 Å². The molecule has 2 aromatic rings. The van der Waals surface area contributed by atoms with Gasteiger partial charge in [-0.1, -0.05) is 6.07 Å². The van der Waals surface area contributed by atoms with E-state index >= 15 is 0 Å². The van der Waals surface area contributed by atoms with Crippen LogP contribution >= 0.6 is 0 Å². The van der Waals surface area contributed by atoms with Crippen molar-refractivity contribution in [2.45, 2.75) is 18.8 Å². The Morgan fingerprint density at radius 2 is 2.08 bits per heavy atom. The predicted octanol–water partition coefficient (Wildman–Crippen LogP) is 2.05. The molecule has 6 nitrogen and oxygen atoms in total. The smallest absolute Gasteiger partial charge is 0.260 e. The lowest BCUT2D eigenvalue weighted by molar-refractivity contribution is 0.0738. The van der Waals surface area contributed by atoms with E-state index in [-0.39, 0.29) is 28.9 Å². The second-order valence-electron chi connectivity index (χ2n) is 7.23. The highest BCUT2D eigenvalue weighted by Crippen LogP contribution is 2.34. The van der Waals surface area contributed by atoms with Crippen molar-refractivity contribution in [3.05, 3.63) is 64.3 Å². The van der Waals surface area contributed by atoms with Gasteiger partial charge in [-0.2, -0.15) is 0 Å². The monoisotopic (exact) mass is 353 g/mol. The molecule has 0 aromatic carbocycles. The number of hydrogen-bond donors (Lipinski definition) is 1. The topological polar surface area (TPSA) is 75.3 Å². The van der Waals surface area contributed by atoms with Crippen molar-refractivity contribution in [2.75, 3.05) is 26.3 Å². The van der Waals surface area contributed by atoms with E-state index in [1.54, 1.807) is 23.2 Å². The van der Waals surface area contributed by atoms with Crippen molar-refractivity contribution in [3.8, 4) is 0 Å². The molecule has 2 fully saturated rings. The summed E-state index contributed by atoms with van der Waals surface area (Å²) >= 11 is 0. The minimum absolute atomic E-state index is 0.127. The van der Waals surface area contributed by atoms with Crippen LogP contribution in [0.3, 0.4) is 0 Å². The number of carbonyl (C=O) groups excluding carboxylic acids is 1. The third-order valence-electron chi connectivity index (χ3n) is 5.23. The third-order valence-corrected chi connectivity index (χ3v) is 5.23. The first-order chi connectivity index (χ1) is 12.7. The van der Waals surface area contributed by atoms with Crippen molar-refractivity contribution >= 4 is 5.91 Å². The van der Waals surface area contributed by atoms with Gasteiger partial charge >= 0.3 is 0 Å². The van der Waals surface area contributed by atoms with E-state index in [0.29, 0.717) is 25.6 Å². The van der Waals surface area contributed by atoms with Crippen LogP contribution in [0.1, 0.15) is 34.8 Å². The average Bonchev–Trinajstić information content (AvgIpc) is 3.39. The molecule has 1 aliphatic carbocycles. The maximum absolute atomic E-state index is 12.8. The average molecular weight is 353 g/mol. The van der Waals surface area contributed by atoms with Crippen LogP contribution in [0.15, 0.2) is 47.5 Å². The number of aromatic amines is 1. The molecule has 2 atom stereocenters. The largest absolute Gasteiger partial charge is 0.381 e. The van der Waals surface area contributed by atoms with Crippen LogP contribution in [0.4, 0.5) is 0 Å². The molecule has 4 rings (SSSR count). The quantitative estimate of drug-likeness (QED) is 0.862. The molecule has 6 heteroatoms. The minimum atomic E-state index is -0.347. The number of nitrogens with one attached hydrogen (secondary N) is 1. The number of amides is 1. The number of carbonyl (C=O) groups is 1. The Balaban J connectivity index is 1.51. The molecular weight excluding hydrogens is 330 g/mol. The minimum Gasteiger partial charge on any atom is -0.381 e. The Labute approximate surface area is 152 Å². The molecule has 0 bridgehead atoms. The highest BCUT2D eigenvalue weighted by atomic mass is 16.5. The van der Waals surface area contributed by atoms with Crippen LogP contribution in [-0.4, -0.2) is 47.1 Å². The van der Waals surface area contributed by atoms with Crippen LogP contribution in [0, 0.1) is 11.8 Å². The summed E-state index contributed by atoms with van der Waals surface area (Å²) in [5.74, 6) is 0.806. The van der Waals surface area contributed by atoms with E-state index in [1.165, 1.54) is 19.0 Å². The summed E-state index contributed by atoms with van der Waals surface area (Å²) in [7, 11) is 0. The van der Waals surface area contributed by atoms with Crippen molar-refractivity contribution in [3.63, 3.8) is 0 Å². The van der Waals surface area contributed by atoms with Gasteiger partial charge in [0.1, 0.15) is 5.56 Å². The van der Waals surface area contributed by atoms with Gasteiger partial charge in [-0.3, -0.25) is 14.6 Å². The Morgan fingerprint density at radius 1 is 1.19 bits per heavy atom. The van der Waals surface area contributed by atoms with Crippen LogP contribution < -0.4 is 5.56 Å². The van der Waals surface area contributed by atoms with Gasteiger partial charge in [0.25, 0.3) is 11.5 Å². The Morgan fingerprint density at radius 3 is 2.81 bits per heavy atom. The summed E-state index contributed by atoms with van der Waals surface area (Å²) in [5, 5.41) is 0. The number of hydrogen-bond acceptors (Lipinski definition) is 4. The van der Waals surface area contributed by atoms with Gasteiger partial charge in [-0.05, 0) is 43.0 Å². The number of nitrogens with zero attached hydrogens (tertiary/aromatic N) is 2. The first kappa shape index (κ1) is 17.0. The van der Waals surface area contributed by atoms with Gasteiger partial charge in [-0.15, -0.1) is 0 Å². The molecule has 3 heterocycles. The number of likely N-dealkylation sites (tertiary alicyclic amines) is 1. The maximum Gasteiger partial charge on any atom is 0.260 e. The Bertz CT molecular complexity index is 816. The van der Waals surface area contributed by atoms with E-state index in [0.717, 1.165) is 12.3 Å². The molecule has 2 aromatic heterocycles. The molecule has 1 saturated carbocycles. The number of rotatable bonds is 6. The molecular formula is C20H23N3O3. The molecule has 26 heavy (non-hydrogen) atoms. The highest BCUT2D eigenvalue weighted by molar-refractivity contribution is 5.94. The van der Waals surface area contributed by atoms with Crippen molar-refractivity contribution in [1.82, 2.24) is 14.9 Å². The standard InChI is InChI=1S/C20H23N3O3/c24-19-16(4-3-9-22-19)20(25)23-10-15(13-26-12-14-6-7-14)17(11-23)18-5-1-2-8-21-18/h1-5,8-9,14-15,17H,6-7,10-13H2,(H,22,24). The molecule has 136 valence electrons. The van der Waals surface area contributed by atoms with Crippen molar-refractivity contribution < 1.29 is 9.53 Å². The van der Waals surface area contributed by atoms with Crippen LogP contribution in [0.5, 0.6) is 0 Å².